The van der Waals surface area contributed by atoms with Gasteiger partial charge in [0.15, 0.2) is 8.07 Å². The maximum Gasteiger partial charge on any atom is 0.164 e. The van der Waals surface area contributed by atoms with Crippen molar-refractivity contribution in [1.82, 2.24) is 0 Å². The lowest BCUT2D eigenvalue weighted by molar-refractivity contribution is 1.61. The molecule has 0 heterocycles. The first kappa shape index (κ1) is 15.7. The third-order valence-electron chi connectivity index (χ3n) is 3.73. The second kappa shape index (κ2) is 7.39. The number of allylic oxidation sites excluding steroid dienone is 1. The molecular formula is C19H23Si2. The zero-order valence-electron chi connectivity index (χ0n) is 12.9. The van der Waals surface area contributed by atoms with Gasteiger partial charge in [-0.05, 0) is 16.4 Å². The summed E-state index contributed by atoms with van der Waals surface area (Å²) < 4.78 is 0. The Kier molecular flexibility index (Phi) is 5.54. The van der Waals surface area contributed by atoms with Crippen LogP contribution in [0.4, 0.5) is 0 Å². The van der Waals surface area contributed by atoms with Crippen LogP contribution in [-0.4, -0.2) is 16.9 Å². The molecule has 0 saturated carbocycles. The highest BCUT2D eigenvalue weighted by atomic mass is 28.3. The molecule has 0 aliphatic rings. The van der Waals surface area contributed by atoms with Gasteiger partial charge < -0.3 is 0 Å². The van der Waals surface area contributed by atoms with E-state index in [-0.39, 0.29) is 8.80 Å². The minimum Gasteiger partial charge on any atom is -0.106 e. The van der Waals surface area contributed by atoms with Crippen LogP contribution in [0.25, 0.3) is 0 Å². The topological polar surface area (TPSA) is 0 Å². The van der Waals surface area contributed by atoms with Crippen LogP contribution in [0, 0.1) is 0 Å². The Morgan fingerprint density at radius 3 is 1.76 bits per heavy atom. The molecule has 0 spiro atoms. The second-order valence-corrected chi connectivity index (χ2v) is 12.1. The van der Waals surface area contributed by atoms with Gasteiger partial charge in [0.25, 0.3) is 0 Å². The molecular weight excluding hydrogens is 284 g/mol. The summed E-state index contributed by atoms with van der Waals surface area (Å²) in [4.78, 5) is 0. The van der Waals surface area contributed by atoms with Gasteiger partial charge in [-0.1, -0.05) is 91.2 Å². The van der Waals surface area contributed by atoms with Gasteiger partial charge in [0.1, 0.15) is 0 Å². The Hall–Kier alpha value is -1.65. The highest BCUT2D eigenvalue weighted by Gasteiger charge is 2.30. The van der Waals surface area contributed by atoms with E-state index in [0.29, 0.717) is 0 Å². The first-order valence-corrected chi connectivity index (χ1v) is 12.3. The molecule has 0 bridgehead atoms. The summed E-state index contributed by atoms with van der Waals surface area (Å²) in [6.45, 7) is 8.92. The zero-order chi connectivity index (χ0) is 15.1. The van der Waals surface area contributed by atoms with Crippen molar-refractivity contribution >= 4 is 27.2 Å². The zero-order valence-corrected chi connectivity index (χ0v) is 14.9. The fourth-order valence-corrected chi connectivity index (χ4v) is 6.70. The van der Waals surface area contributed by atoms with Crippen LogP contribution in [-0.2, 0) is 0 Å². The minimum atomic E-state index is -1.99. The average molecular weight is 308 g/mol. The van der Waals surface area contributed by atoms with Crippen LogP contribution in [0.2, 0.25) is 19.1 Å². The fraction of sp³-hybridized carbons (Fsp3) is 0.158. The Morgan fingerprint density at radius 1 is 0.905 bits per heavy atom. The van der Waals surface area contributed by atoms with Crippen LogP contribution >= 0.6 is 0 Å². The van der Waals surface area contributed by atoms with Gasteiger partial charge >= 0.3 is 0 Å². The molecule has 21 heavy (non-hydrogen) atoms. The molecule has 2 aromatic carbocycles. The SMILES string of the molecule is C=C[Si](C=CC[Si](C)C)(c1ccccc1)c1ccccc1. The van der Waals surface area contributed by atoms with E-state index in [2.05, 4.69) is 97.8 Å². The molecule has 0 aliphatic heterocycles. The van der Waals surface area contributed by atoms with Crippen molar-refractivity contribution in [3.05, 3.63) is 84.7 Å². The molecule has 0 nitrogen and oxygen atoms in total. The van der Waals surface area contributed by atoms with E-state index in [4.69, 9.17) is 0 Å². The molecule has 0 unspecified atom stereocenters. The monoisotopic (exact) mass is 307 g/mol. The first-order chi connectivity index (χ1) is 10.2. The fourth-order valence-electron chi connectivity index (χ4n) is 2.57. The van der Waals surface area contributed by atoms with Crippen molar-refractivity contribution in [3.63, 3.8) is 0 Å². The van der Waals surface area contributed by atoms with Gasteiger partial charge in [-0.3, -0.25) is 0 Å². The Morgan fingerprint density at radius 2 is 1.38 bits per heavy atom. The lowest BCUT2D eigenvalue weighted by Gasteiger charge is -2.26. The Balaban J connectivity index is 2.52. The summed E-state index contributed by atoms with van der Waals surface area (Å²) in [7, 11) is -2.22. The van der Waals surface area contributed by atoms with Crippen LogP contribution in [0.15, 0.2) is 84.7 Å². The molecule has 0 aliphatic carbocycles. The highest BCUT2D eigenvalue weighted by molar-refractivity contribution is 7.09. The quantitative estimate of drug-likeness (QED) is 0.712. The normalized spacial score (nSPS) is 12.0. The van der Waals surface area contributed by atoms with Gasteiger partial charge in [0.05, 0.1) is 0 Å². The molecule has 2 heteroatoms. The summed E-state index contributed by atoms with van der Waals surface area (Å²) in [5, 5.41) is 2.81. The smallest absolute Gasteiger partial charge is 0.106 e. The average Bonchev–Trinajstić information content (AvgIpc) is 2.53. The van der Waals surface area contributed by atoms with Crippen molar-refractivity contribution in [3.8, 4) is 0 Å². The number of rotatable bonds is 6. The predicted octanol–water partition coefficient (Wildman–Crippen LogP) is 3.82. The van der Waals surface area contributed by atoms with Gasteiger partial charge in [0, 0.05) is 8.80 Å². The Labute approximate surface area is 131 Å². The lowest BCUT2D eigenvalue weighted by atomic mass is 10.4. The van der Waals surface area contributed by atoms with Gasteiger partial charge in [-0.15, -0.1) is 6.58 Å². The van der Waals surface area contributed by atoms with E-state index in [9.17, 15) is 0 Å². The minimum absolute atomic E-state index is 0.226. The molecule has 0 fully saturated rings. The maximum absolute atomic E-state index is 4.20. The molecule has 0 amide bonds. The predicted molar refractivity (Wildman–Crippen MR) is 99.5 cm³/mol. The summed E-state index contributed by atoms with van der Waals surface area (Å²) in [5.74, 6) is 0. The molecule has 107 valence electrons. The molecule has 0 atom stereocenters. The van der Waals surface area contributed by atoms with Crippen molar-refractivity contribution in [1.29, 1.82) is 0 Å². The largest absolute Gasteiger partial charge is 0.164 e. The molecule has 0 saturated heterocycles. The molecule has 0 aromatic heterocycles. The Bertz CT molecular complexity index is 546. The molecule has 2 rings (SSSR count). The van der Waals surface area contributed by atoms with E-state index < -0.39 is 8.07 Å². The summed E-state index contributed by atoms with van der Waals surface area (Å²) >= 11 is 0. The van der Waals surface area contributed by atoms with Crippen molar-refractivity contribution < 1.29 is 0 Å². The van der Waals surface area contributed by atoms with Crippen molar-refractivity contribution in [2.45, 2.75) is 19.1 Å². The van der Waals surface area contributed by atoms with Crippen LogP contribution in [0.3, 0.4) is 0 Å². The van der Waals surface area contributed by atoms with E-state index >= 15 is 0 Å². The second-order valence-electron chi connectivity index (χ2n) is 5.62. The summed E-state index contributed by atoms with van der Waals surface area (Å²) in [6.07, 6.45) is 2.39. The van der Waals surface area contributed by atoms with E-state index in [1.165, 1.54) is 16.4 Å². The van der Waals surface area contributed by atoms with Gasteiger partial charge in [0.2, 0.25) is 0 Å². The molecule has 1 radical (unpaired) electrons. The van der Waals surface area contributed by atoms with E-state index in [1.807, 2.05) is 0 Å². The van der Waals surface area contributed by atoms with Crippen molar-refractivity contribution in [2.24, 2.45) is 0 Å². The van der Waals surface area contributed by atoms with E-state index in [1.54, 1.807) is 0 Å². The van der Waals surface area contributed by atoms with Gasteiger partial charge in [-0.25, -0.2) is 0 Å². The maximum atomic E-state index is 4.20. The summed E-state index contributed by atoms with van der Waals surface area (Å²) in [6, 6.07) is 22.9. The number of benzene rings is 2. The highest BCUT2D eigenvalue weighted by Crippen LogP contribution is 2.10. The third kappa shape index (κ3) is 3.71. The lowest BCUT2D eigenvalue weighted by Crippen LogP contribution is -2.55. The van der Waals surface area contributed by atoms with Crippen LogP contribution in [0.1, 0.15) is 0 Å². The number of hydrogen-bond donors (Lipinski definition) is 0. The third-order valence-corrected chi connectivity index (χ3v) is 8.77. The van der Waals surface area contributed by atoms with Crippen LogP contribution < -0.4 is 10.4 Å². The first-order valence-electron chi connectivity index (χ1n) is 7.40. The van der Waals surface area contributed by atoms with Gasteiger partial charge in [-0.2, -0.15) is 0 Å². The van der Waals surface area contributed by atoms with Crippen molar-refractivity contribution in [2.75, 3.05) is 0 Å². The number of hydrogen-bond acceptors (Lipinski definition) is 0. The molecule has 2 aromatic rings. The van der Waals surface area contributed by atoms with Crippen LogP contribution in [0.5, 0.6) is 0 Å². The molecule has 0 N–H and O–H groups in total. The standard InChI is InChI=1S/C19H23Si2/c1-4-21(17-11-16-20(2)3,18-12-7-5-8-13-18)19-14-9-6-10-15-19/h4-15,17H,1,16H2,2-3H3. The van der Waals surface area contributed by atoms with E-state index in [0.717, 1.165) is 0 Å². The summed E-state index contributed by atoms with van der Waals surface area (Å²) in [5.41, 5.74) is 4.66.